The van der Waals surface area contributed by atoms with Gasteiger partial charge in [0.2, 0.25) is 0 Å². The number of nitrogens with zero attached hydrogens (tertiary/aromatic N) is 3. The Morgan fingerprint density at radius 1 is 1.00 bits per heavy atom. The van der Waals surface area contributed by atoms with E-state index in [4.69, 9.17) is 0 Å². The summed E-state index contributed by atoms with van der Waals surface area (Å²) in [4.78, 5) is 4.43. The zero-order valence-electron chi connectivity index (χ0n) is 15.3. The molecule has 2 saturated carbocycles. The highest BCUT2D eigenvalue weighted by molar-refractivity contribution is 5.53. The number of anilines is 1. The van der Waals surface area contributed by atoms with E-state index in [0.717, 1.165) is 24.0 Å². The van der Waals surface area contributed by atoms with Crippen LogP contribution in [0.4, 0.5) is 10.1 Å². The Hall–Kier alpha value is -2.38. The average Bonchev–Trinajstić information content (AvgIpc) is 3.55. The second-order valence-electron chi connectivity index (χ2n) is 7.59. The monoisotopic (exact) mass is 349 g/mol. The van der Waals surface area contributed by atoms with E-state index in [1.165, 1.54) is 12.8 Å². The van der Waals surface area contributed by atoms with Crippen LogP contribution in [0.25, 0.3) is 0 Å². The maximum atomic E-state index is 14.5. The first-order valence-corrected chi connectivity index (χ1v) is 9.32. The Labute approximate surface area is 154 Å². The molecule has 0 saturated heterocycles. The Balaban J connectivity index is 1.76. The van der Waals surface area contributed by atoms with E-state index in [9.17, 15) is 9.65 Å². The van der Waals surface area contributed by atoms with Crippen molar-refractivity contribution in [3.63, 3.8) is 0 Å². The number of hydrogen-bond donors (Lipinski definition) is 0. The first-order valence-electron chi connectivity index (χ1n) is 9.32. The number of nitriles is 1. The molecule has 0 amide bonds. The summed E-state index contributed by atoms with van der Waals surface area (Å²) in [5, 5.41) is 9.28. The lowest BCUT2D eigenvalue weighted by Gasteiger charge is -2.30. The molecule has 26 heavy (non-hydrogen) atoms. The summed E-state index contributed by atoms with van der Waals surface area (Å²) < 4.78 is 14.5. The molecule has 1 unspecified atom stereocenters. The van der Waals surface area contributed by atoms with Gasteiger partial charge in [-0.15, -0.1) is 0 Å². The van der Waals surface area contributed by atoms with Crippen LogP contribution in [-0.4, -0.2) is 31.1 Å². The smallest absolute Gasteiger partial charge is 0.146 e. The van der Waals surface area contributed by atoms with Gasteiger partial charge in [0.15, 0.2) is 0 Å². The van der Waals surface area contributed by atoms with Crippen molar-refractivity contribution in [1.82, 2.24) is 4.90 Å². The van der Waals surface area contributed by atoms with Gasteiger partial charge in [-0.05, 0) is 68.1 Å². The van der Waals surface area contributed by atoms with Gasteiger partial charge in [0.25, 0.3) is 0 Å². The van der Waals surface area contributed by atoms with Crippen LogP contribution < -0.4 is 4.90 Å². The third-order valence-corrected chi connectivity index (χ3v) is 5.62. The topological polar surface area (TPSA) is 30.3 Å². The lowest BCUT2D eigenvalue weighted by molar-refractivity contribution is 0.268. The minimum absolute atomic E-state index is 0.0303. The van der Waals surface area contributed by atoms with Gasteiger partial charge >= 0.3 is 0 Å². The molecule has 2 aromatic rings. The normalized spacial score (nSPS) is 17.8. The summed E-state index contributed by atoms with van der Waals surface area (Å²) in [5.41, 5.74) is 3.51. The van der Waals surface area contributed by atoms with Gasteiger partial charge in [0.1, 0.15) is 5.82 Å². The van der Waals surface area contributed by atoms with Gasteiger partial charge in [-0.25, -0.2) is 4.39 Å². The Morgan fingerprint density at radius 2 is 1.69 bits per heavy atom. The molecule has 4 rings (SSSR count). The van der Waals surface area contributed by atoms with E-state index in [2.05, 4.69) is 29.0 Å². The highest BCUT2D eigenvalue weighted by Crippen LogP contribution is 2.39. The van der Waals surface area contributed by atoms with Crippen molar-refractivity contribution in [2.75, 3.05) is 19.0 Å². The highest BCUT2D eigenvalue weighted by Gasteiger charge is 2.34. The maximum Gasteiger partial charge on any atom is 0.146 e. The second-order valence-corrected chi connectivity index (χ2v) is 7.59. The molecule has 0 aromatic heterocycles. The zero-order valence-corrected chi connectivity index (χ0v) is 15.3. The van der Waals surface area contributed by atoms with E-state index < -0.39 is 0 Å². The van der Waals surface area contributed by atoms with Crippen LogP contribution in [0, 0.1) is 17.1 Å². The molecule has 1 atom stereocenters. The molecule has 0 aliphatic heterocycles. The van der Waals surface area contributed by atoms with Gasteiger partial charge in [0, 0.05) is 19.1 Å². The van der Waals surface area contributed by atoms with Crippen molar-refractivity contribution < 1.29 is 4.39 Å². The molecule has 4 heteroatoms. The fourth-order valence-electron chi connectivity index (χ4n) is 3.76. The molecule has 2 aliphatic rings. The Kier molecular flexibility index (Phi) is 4.42. The summed E-state index contributed by atoms with van der Waals surface area (Å²) in [5.74, 6) is -0.165. The first kappa shape index (κ1) is 17.1. The van der Waals surface area contributed by atoms with Crippen LogP contribution in [0.1, 0.15) is 48.4 Å². The van der Waals surface area contributed by atoms with Gasteiger partial charge in [-0.1, -0.05) is 18.2 Å². The Morgan fingerprint density at radius 3 is 2.35 bits per heavy atom. The number of hydrogen-bond acceptors (Lipinski definition) is 3. The van der Waals surface area contributed by atoms with Crippen molar-refractivity contribution in [1.29, 1.82) is 5.26 Å². The van der Waals surface area contributed by atoms with Gasteiger partial charge < -0.3 is 4.90 Å². The predicted molar refractivity (Wildman–Crippen MR) is 102 cm³/mol. The predicted octanol–water partition coefficient (Wildman–Crippen LogP) is 4.48. The minimum Gasteiger partial charge on any atom is -0.369 e. The van der Waals surface area contributed by atoms with Gasteiger partial charge in [-0.3, -0.25) is 4.90 Å². The molecule has 0 radical (unpaired) electrons. The van der Waals surface area contributed by atoms with E-state index in [1.807, 2.05) is 37.4 Å². The molecule has 3 nitrogen and oxygen atoms in total. The number of benzene rings is 2. The number of halogens is 1. The maximum absolute atomic E-state index is 14.5. The fraction of sp³-hybridized carbons (Fsp3) is 0.409. The third-order valence-electron chi connectivity index (χ3n) is 5.62. The van der Waals surface area contributed by atoms with Crippen molar-refractivity contribution in [2.24, 2.45) is 0 Å². The van der Waals surface area contributed by atoms with Crippen LogP contribution >= 0.6 is 0 Å². The first-order chi connectivity index (χ1) is 12.6. The van der Waals surface area contributed by atoms with Gasteiger partial charge in [-0.2, -0.15) is 5.26 Å². The van der Waals surface area contributed by atoms with E-state index >= 15 is 0 Å². The summed E-state index contributed by atoms with van der Waals surface area (Å²) in [6.45, 7) is 0. The van der Waals surface area contributed by atoms with Crippen LogP contribution in [0.5, 0.6) is 0 Å². The highest BCUT2D eigenvalue weighted by atomic mass is 19.1. The third kappa shape index (κ3) is 3.32. The summed E-state index contributed by atoms with van der Waals surface area (Å²) in [7, 11) is 4.12. The molecule has 0 spiro atoms. The standard InChI is InChI=1S/C22H24FN3/c1-25(18-7-8-18)21-13-17(6-11-20(21)23)22(26(2)19-9-10-19)16-5-3-4-15(12-16)14-24/h3-6,11-13,18-19,22H,7-10H2,1-2H3. The molecule has 2 fully saturated rings. The lowest BCUT2D eigenvalue weighted by atomic mass is 9.95. The molecule has 0 N–H and O–H groups in total. The molecule has 0 bridgehead atoms. The molecule has 2 aromatic carbocycles. The molecule has 0 heterocycles. The molecule has 134 valence electrons. The van der Waals surface area contributed by atoms with Crippen molar-refractivity contribution in [3.05, 3.63) is 65.0 Å². The summed E-state index contributed by atoms with van der Waals surface area (Å²) in [6, 6.07) is 16.5. The second kappa shape index (κ2) is 6.74. The number of rotatable bonds is 6. The van der Waals surface area contributed by atoms with E-state index in [1.54, 1.807) is 6.07 Å². The zero-order chi connectivity index (χ0) is 18.3. The van der Waals surface area contributed by atoms with Crippen molar-refractivity contribution in [3.8, 4) is 6.07 Å². The quantitative estimate of drug-likeness (QED) is 0.770. The van der Waals surface area contributed by atoms with Crippen LogP contribution in [0.15, 0.2) is 42.5 Å². The van der Waals surface area contributed by atoms with E-state index in [-0.39, 0.29) is 11.9 Å². The lowest BCUT2D eigenvalue weighted by Crippen LogP contribution is -2.28. The minimum atomic E-state index is -0.165. The van der Waals surface area contributed by atoms with Gasteiger partial charge in [0.05, 0.1) is 23.4 Å². The fourth-order valence-corrected chi connectivity index (χ4v) is 3.76. The molecular weight excluding hydrogens is 325 g/mol. The van der Waals surface area contributed by atoms with Crippen molar-refractivity contribution in [2.45, 2.75) is 43.8 Å². The summed E-state index contributed by atoms with van der Waals surface area (Å²) in [6.07, 6.45) is 4.66. The summed E-state index contributed by atoms with van der Waals surface area (Å²) >= 11 is 0. The van der Waals surface area contributed by atoms with Crippen molar-refractivity contribution >= 4 is 5.69 Å². The Bertz CT molecular complexity index is 849. The van der Waals surface area contributed by atoms with Crippen LogP contribution in [0.3, 0.4) is 0 Å². The van der Waals surface area contributed by atoms with Crippen LogP contribution in [-0.2, 0) is 0 Å². The largest absolute Gasteiger partial charge is 0.369 e. The van der Waals surface area contributed by atoms with E-state index in [0.29, 0.717) is 23.3 Å². The average molecular weight is 349 g/mol. The molecule has 2 aliphatic carbocycles. The van der Waals surface area contributed by atoms with Crippen LogP contribution in [0.2, 0.25) is 0 Å². The SMILES string of the molecule is CN(c1cc(C(c2cccc(C#N)c2)N(C)C2CC2)ccc1F)C1CC1. The molecular formula is C22H24FN3.